The van der Waals surface area contributed by atoms with Gasteiger partial charge in [-0.1, -0.05) is 12.1 Å². The fourth-order valence-electron chi connectivity index (χ4n) is 2.24. The van der Waals surface area contributed by atoms with Crippen molar-refractivity contribution in [3.63, 3.8) is 0 Å². The molecule has 0 spiro atoms. The van der Waals surface area contributed by atoms with Crippen molar-refractivity contribution in [2.24, 2.45) is 7.05 Å². The molecule has 0 aliphatic heterocycles. The predicted molar refractivity (Wildman–Crippen MR) is 79.8 cm³/mol. The van der Waals surface area contributed by atoms with Crippen LogP contribution in [-0.4, -0.2) is 24.3 Å². The summed E-state index contributed by atoms with van der Waals surface area (Å²) in [5, 5.41) is 11.5. The number of aryl methyl sites for hydroxylation is 1. The molecule has 0 aliphatic carbocycles. The van der Waals surface area contributed by atoms with Crippen molar-refractivity contribution < 1.29 is 0 Å². The summed E-state index contributed by atoms with van der Waals surface area (Å²) in [6.45, 7) is 2.88. The molecule has 0 amide bonds. The summed E-state index contributed by atoms with van der Waals surface area (Å²) in [5.74, 6) is 0.935. The zero-order valence-electron chi connectivity index (χ0n) is 12.1. The fourth-order valence-corrected chi connectivity index (χ4v) is 2.24. The number of aromatic nitrogens is 5. The molecule has 2 heterocycles. The average Bonchev–Trinajstić information content (AvgIpc) is 3.16. The van der Waals surface area contributed by atoms with E-state index in [1.165, 1.54) is 5.56 Å². The Balaban J connectivity index is 1.62. The third-order valence-electron chi connectivity index (χ3n) is 3.48. The first kappa shape index (κ1) is 13.5. The minimum Gasteiger partial charge on any atom is -0.319 e. The number of nitrogens with one attached hydrogen (secondary N) is 1. The Bertz CT molecular complexity index is 683. The molecule has 1 aromatic carbocycles. The van der Waals surface area contributed by atoms with Gasteiger partial charge in [-0.25, -0.2) is 4.98 Å². The number of hydrogen-bond donors (Lipinski definition) is 1. The summed E-state index contributed by atoms with van der Waals surface area (Å²) in [6, 6.07) is 8.57. The van der Waals surface area contributed by atoms with E-state index in [2.05, 4.69) is 51.7 Å². The topological polar surface area (TPSA) is 60.6 Å². The molecule has 2 aromatic heterocycles. The van der Waals surface area contributed by atoms with Crippen LogP contribution in [0, 0.1) is 0 Å². The van der Waals surface area contributed by atoms with Crippen molar-refractivity contribution in [2.45, 2.75) is 19.5 Å². The monoisotopic (exact) mass is 282 g/mol. The zero-order chi connectivity index (χ0) is 14.7. The molecule has 108 valence electrons. The van der Waals surface area contributed by atoms with E-state index in [1.54, 1.807) is 18.9 Å². The molecule has 0 radical (unpaired) electrons. The van der Waals surface area contributed by atoms with Crippen LogP contribution in [0.1, 0.15) is 24.4 Å². The Morgan fingerprint density at radius 3 is 2.62 bits per heavy atom. The smallest absolute Gasteiger partial charge is 0.149 e. The summed E-state index contributed by atoms with van der Waals surface area (Å²) in [4.78, 5) is 4.05. The maximum atomic E-state index is 4.12. The minimum atomic E-state index is 0.158. The van der Waals surface area contributed by atoms with Crippen LogP contribution in [0.25, 0.3) is 5.69 Å². The summed E-state index contributed by atoms with van der Waals surface area (Å²) >= 11 is 0. The number of imidazole rings is 1. The van der Waals surface area contributed by atoms with Gasteiger partial charge in [-0.3, -0.25) is 0 Å². The molecule has 21 heavy (non-hydrogen) atoms. The van der Waals surface area contributed by atoms with Crippen LogP contribution in [-0.2, 0) is 13.6 Å². The highest BCUT2D eigenvalue weighted by molar-refractivity contribution is 5.34. The third kappa shape index (κ3) is 3.00. The lowest BCUT2D eigenvalue weighted by atomic mass is 10.2. The maximum Gasteiger partial charge on any atom is 0.149 e. The second kappa shape index (κ2) is 5.88. The van der Waals surface area contributed by atoms with E-state index in [9.17, 15) is 0 Å². The SMILES string of the molecule is CC(NCc1ccc(-n2ccnc2)cc1)c1nncn1C. The molecule has 3 aromatic rings. The molecule has 0 saturated carbocycles. The molecule has 0 aliphatic rings. The van der Waals surface area contributed by atoms with Crippen LogP contribution in [0.4, 0.5) is 0 Å². The molecular formula is C15H18N6. The number of benzene rings is 1. The number of nitrogens with zero attached hydrogens (tertiary/aromatic N) is 5. The lowest BCUT2D eigenvalue weighted by molar-refractivity contribution is 0.528. The standard InChI is InChI=1S/C15H18N6/c1-12(15-19-18-11-20(15)2)17-9-13-3-5-14(6-4-13)21-8-7-16-10-21/h3-8,10-12,17H,9H2,1-2H3. The molecule has 0 bridgehead atoms. The van der Waals surface area contributed by atoms with Gasteiger partial charge in [0, 0.05) is 31.7 Å². The molecule has 3 rings (SSSR count). The van der Waals surface area contributed by atoms with Crippen molar-refractivity contribution >= 4 is 0 Å². The Morgan fingerprint density at radius 1 is 1.19 bits per heavy atom. The second-order valence-corrected chi connectivity index (χ2v) is 5.04. The van der Waals surface area contributed by atoms with E-state index < -0.39 is 0 Å². The second-order valence-electron chi connectivity index (χ2n) is 5.04. The molecule has 1 N–H and O–H groups in total. The van der Waals surface area contributed by atoms with Gasteiger partial charge >= 0.3 is 0 Å². The van der Waals surface area contributed by atoms with Crippen LogP contribution < -0.4 is 5.32 Å². The van der Waals surface area contributed by atoms with Crippen molar-refractivity contribution in [1.29, 1.82) is 0 Å². The molecule has 0 fully saturated rings. The first-order chi connectivity index (χ1) is 10.2. The quantitative estimate of drug-likeness (QED) is 0.776. The van der Waals surface area contributed by atoms with Gasteiger partial charge < -0.3 is 14.5 Å². The zero-order valence-corrected chi connectivity index (χ0v) is 12.1. The van der Waals surface area contributed by atoms with Gasteiger partial charge in [0.1, 0.15) is 12.2 Å². The molecule has 1 atom stereocenters. The van der Waals surface area contributed by atoms with Crippen molar-refractivity contribution in [3.8, 4) is 5.69 Å². The summed E-state index contributed by atoms with van der Waals surface area (Å²) < 4.78 is 3.92. The third-order valence-corrected chi connectivity index (χ3v) is 3.48. The molecular weight excluding hydrogens is 264 g/mol. The molecule has 1 unspecified atom stereocenters. The van der Waals surface area contributed by atoms with Crippen LogP contribution in [0.5, 0.6) is 0 Å². The lowest BCUT2D eigenvalue weighted by Gasteiger charge is -2.13. The van der Waals surface area contributed by atoms with Crippen LogP contribution in [0.3, 0.4) is 0 Å². The normalized spacial score (nSPS) is 12.5. The van der Waals surface area contributed by atoms with Gasteiger partial charge in [-0.2, -0.15) is 0 Å². The van der Waals surface area contributed by atoms with E-state index in [-0.39, 0.29) is 6.04 Å². The minimum absolute atomic E-state index is 0.158. The van der Waals surface area contributed by atoms with Crippen LogP contribution in [0.15, 0.2) is 49.3 Å². The van der Waals surface area contributed by atoms with E-state index in [1.807, 2.05) is 22.4 Å². The van der Waals surface area contributed by atoms with E-state index in [0.29, 0.717) is 0 Å². The maximum absolute atomic E-state index is 4.12. The number of rotatable bonds is 5. The highest BCUT2D eigenvalue weighted by Gasteiger charge is 2.10. The first-order valence-electron chi connectivity index (χ1n) is 6.88. The summed E-state index contributed by atoms with van der Waals surface area (Å²) in [5.41, 5.74) is 2.34. The Morgan fingerprint density at radius 2 is 2.00 bits per heavy atom. The predicted octanol–water partition coefficient (Wildman–Crippen LogP) is 1.85. The van der Waals surface area contributed by atoms with Crippen LogP contribution >= 0.6 is 0 Å². The van der Waals surface area contributed by atoms with Gasteiger partial charge in [0.2, 0.25) is 0 Å². The van der Waals surface area contributed by atoms with E-state index in [0.717, 1.165) is 18.1 Å². The van der Waals surface area contributed by atoms with Crippen molar-refractivity contribution in [3.05, 3.63) is 60.7 Å². The Kier molecular flexibility index (Phi) is 3.79. The summed E-state index contributed by atoms with van der Waals surface area (Å²) in [7, 11) is 1.95. The van der Waals surface area contributed by atoms with Gasteiger partial charge in [0.15, 0.2) is 0 Å². The van der Waals surface area contributed by atoms with E-state index >= 15 is 0 Å². The fraction of sp³-hybridized carbons (Fsp3) is 0.267. The molecule has 0 saturated heterocycles. The van der Waals surface area contributed by atoms with Crippen molar-refractivity contribution in [2.75, 3.05) is 0 Å². The summed E-state index contributed by atoms with van der Waals surface area (Å²) in [6.07, 6.45) is 7.22. The van der Waals surface area contributed by atoms with Gasteiger partial charge in [0.25, 0.3) is 0 Å². The van der Waals surface area contributed by atoms with E-state index in [4.69, 9.17) is 0 Å². The number of hydrogen-bond acceptors (Lipinski definition) is 4. The highest BCUT2D eigenvalue weighted by Crippen LogP contribution is 2.12. The Hall–Kier alpha value is -2.47. The highest BCUT2D eigenvalue weighted by atomic mass is 15.3. The van der Waals surface area contributed by atoms with Gasteiger partial charge in [-0.15, -0.1) is 10.2 Å². The Labute approximate surface area is 123 Å². The van der Waals surface area contributed by atoms with Crippen molar-refractivity contribution in [1.82, 2.24) is 29.6 Å². The largest absolute Gasteiger partial charge is 0.319 e. The van der Waals surface area contributed by atoms with Gasteiger partial charge in [0.05, 0.1) is 12.4 Å². The van der Waals surface area contributed by atoms with Crippen LogP contribution in [0.2, 0.25) is 0 Å². The first-order valence-corrected chi connectivity index (χ1v) is 6.88. The average molecular weight is 282 g/mol. The lowest BCUT2D eigenvalue weighted by Crippen LogP contribution is -2.21. The molecule has 6 heteroatoms. The van der Waals surface area contributed by atoms with Gasteiger partial charge in [-0.05, 0) is 24.6 Å². The molecule has 6 nitrogen and oxygen atoms in total.